The molecule has 0 bridgehead atoms. The molecule has 3 N–H and O–H groups in total. The van der Waals surface area contributed by atoms with E-state index in [1.165, 1.54) is 12.1 Å². The summed E-state index contributed by atoms with van der Waals surface area (Å²) < 4.78 is 13.0. The molecule has 2 aromatic rings. The van der Waals surface area contributed by atoms with Gasteiger partial charge in [0, 0.05) is 12.1 Å². The number of carbonyl (C=O) groups excluding carboxylic acids is 1. The Morgan fingerprint density at radius 1 is 1.19 bits per heavy atom. The van der Waals surface area contributed by atoms with Gasteiger partial charge in [0.1, 0.15) is 5.82 Å². The van der Waals surface area contributed by atoms with Crippen LogP contribution in [-0.2, 0) is 12.1 Å². The number of amides is 1. The lowest BCUT2D eigenvalue weighted by molar-refractivity contribution is 0.0930. The maximum atomic E-state index is 13.0. The normalized spacial score (nSPS) is 15.5. The highest BCUT2D eigenvalue weighted by Crippen LogP contribution is 2.45. The minimum absolute atomic E-state index is 0.118. The number of hydrogen-bond acceptors (Lipinski definition) is 2. The second-order valence-electron chi connectivity index (χ2n) is 5.45. The van der Waals surface area contributed by atoms with Crippen molar-refractivity contribution >= 4 is 5.91 Å². The first-order valence-electron chi connectivity index (χ1n) is 7.00. The molecule has 1 aliphatic carbocycles. The molecule has 1 aliphatic rings. The number of hydrogen-bond donors (Lipinski definition) is 2. The lowest BCUT2D eigenvalue weighted by atomic mass is 10.0. The summed E-state index contributed by atoms with van der Waals surface area (Å²) in [5, 5.41) is 3.07. The summed E-state index contributed by atoms with van der Waals surface area (Å²) in [4.78, 5) is 12.4. The Kier molecular flexibility index (Phi) is 3.47. The first-order valence-corrected chi connectivity index (χ1v) is 7.00. The number of carbonyl (C=O) groups is 1. The Morgan fingerprint density at radius 2 is 1.90 bits per heavy atom. The number of halogens is 1. The van der Waals surface area contributed by atoms with Crippen LogP contribution in [0.4, 0.5) is 4.39 Å². The van der Waals surface area contributed by atoms with Gasteiger partial charge in [0.15, 0.2) is 0 Å². The average molecular weight is 284 g/mol. The highest BCUT2D eigenvalue weighted by molar-refractivity contribution is 5.95. The zero-order valence-electron chi connectivity index (χ0n) is 11.6. The zero-order valence-corrected chi connectivity index (χ0v) is 11.6. The monoisotopic (exact) mass is 284 g/mol. The molecule has 0 atom stereocenters. The third-order valence-electron chi connectivity index (χ3n) is 3.92. The molecule has 1 fully saturated rings. The minimum Gasteiger partial charge on any atom is -0.343 e. The third kappa shape index (κ3) is 2.81. The molecule has 0 saturated heterocycles. The summed E-state index contributed by atoms with van der Waals surface area (Å²) >= 11 is 0. The standard InChI is InChI=1S/C17H17FN2O/c18-15-6-4-14(5-7-15)17(8-9-17)20-16(21)13-3-1-2-12(10-13)11-19/h1-7,10H,8-9,11,19H2,(H,20,21). The van der Waals surface area contributed by atoms with Crippen LogP contribution in [0.15, 0.2) is 48.5 Å². The van der Waals surface area contributed by atoms with Crippen LogP contribution in [0.25, 0.3) is 0 Å². The topological polar surface area (TPSA) is 55.1 Å². The van der Waals surface area contributed by atoms with Crippen molar-refractivity contribution in [2.24, 2.45) is 5.73 Å². The fraction of sp³-hybridized carbons (Fsp3) is 0.235. The van der Waals surface area contributed by atoms with Crippen molar-refractivity contribution in [3.05, 3.63) is 71.0 Å². The second kappa shape index (κ2) is 5.30. The number of nitrogens with two attached hydrogens (primary N) is 1. The quantitative estimate of drug-likeness (QED) is 0.907. The molecule has 3 rings (SSSR count). The Morgan fingerprint density at radius 3 is 2.52 bits per heavy atom. The van der Waals surface area contributed by atoms with E-state index in [1.807, 2.05) is 12.1 Å². The number of nitrogens with one attached hydrogen (secondary N) is 1. The van der Waals surface area contributed by atoms with E-state index in [9.17, 15) is 9.18 Å². The molecule has 21 heavy (non-hydrogen) atoms. The van der Waals surface area contributed by atoms with E-state index in [4.69, 9.17) is 5.73 Å². The molecule has 4 heteroatoms. The van der Waals surface area contributed by atoms with Crippen molar-refractivity contribution in [2.45, 2.75) is 24.9 Å². The molecule has 0 aromatic heterocycles. The van der Waals surface area contributed by atoms with Crippen LogP contribution in [0, 0.1) is 5.82 Å². The van der Waals surface area contributed by atoms with Crippen LogP contribution >= 0.6 is 0 Å². The summed E-state index contributed by atoms with van der Waals surface area (Å²) in [7, 11) is 0. The first-order chi connectivity index (χ1) is 10.1. The molecule has 0 aliphatic heterocycles. The van der Waals surface area contributed by atoms with Gasteiger partial charge in [0.25, 0.3) is 5.91 Å². The maximum Gasteiger partial charge on any atom is 0.251 e. The molecule has 1 saturated carbocycles. The molecule has 3 nitrogen and oxygen atoms in total. The van der Waals surface area contributed by atoms with Gasteiger partial charge in [-0.3, -0.25) is 4.79 Å². The van der Waals surface area contributed by atoms with Gasteiger partial charge >= 0.3 is 0 Å². The van der Waals surface area contributed by atoms with E-state index in [0.29, 0.717) is 12.1 Å². The Labute approximate surface area is 123 Å². The van der Waals surface area contributed by atoms with Crippen molar-refractivity contribution in [1.82, 2.24) is 5.32 Å². The van der Waals surface area contributed by atoms with Crippen molar-refractivity contribution < 1.29 is 9.18 Å². The van der Waals surface area contributed by atoms with E-state index in [-0.39, 0.29) is 17.3 Å². The smallest absolute Gasteiger partial charge is 0.251 e. The van der Waals surface area contributed by atoms with Crippen molar-refractivity contribution in [3.8, 4) is 0 Å². The lowest BCUT2D eigenvalue weighted by Crippen LogP contribution is -2.34. The highest BCUT2D eigenvalue weighted by atomic mass is 19.1. The van der Waals surface area contributed by atoms with Gasteiger partial charge in [-0.1, -0.05) is 24.3 Å². The van der Waals surface area contributed by atoms with Crippen molar-refractivity contribution in [1.29, 1.82) is 0 Å². The number of benzene rings is 2. The van der Waals surface area contributed by atoms with E-state index >= 15 is 0 Å². The summed E-state index contributed by atoms with van der Waals surface area (Å²) in [6.45, 7) is 0.407. The fourth-order valence-electron chi connectivity index (χ4n) is 2.51. The van der Waals surface area contributed by atoms with Gasteiger partial charge in [0.05, 0.1) is 5.54 Å². The van der Waals surface area contributed by atoms with Gasteiger partial charge < -0.3 is 11.1 Å². The SMILES string of the molecule is NCc1cccc(C(=O)NC2(c3ccc(F)cc3)CC2)c1. The molecule has 1 amide bonds. The van der Waals surface area contributed by atoms with Crippen molar-refractivity contribution in [2.75, 3.05) is 0 Å². The van der Waals surface area contributed by atoms with Crippen molar-refractivity contribution in [3.63, 3.8) is 0 Å². The van der Waals surface area contributed by atoms with Crippen LogP contribution in [0.3, 0.4) is 0 Å². The zero-order chi connectivity index (χ0) is 14.9. The predicted octanol–water partition coefficient (Wildman–Crippen LogP) is 2.70. The van der Waals surface area contributed by atoms with Gasteiger partial charge in [-0.2, -0.15) is 0 Å². The molecular weight excluding hydrogens is 267 g/mol. The summed E-state index contributed by atoms with van der Waals surface area (Å²) in [6, 6.07) is 13.6. The second-order valence-corrected chi connectivity index (χ2v) is 5.45. The highest BCUT2D eigenvalue weighted by Gasteiger charge is 2.45. The summed E-state index contributed by atoms with van der Waals surface area (Å²) in [6.07, 6.45) is 1.75. The maximum absolute atomic E-state index is 13.0. The van der Waals surface area contributed by atoms with E-state index in [2.05, 4.69) is 5.32 Å². The minimum atomic E-state index is -0.344. The van der Waals surface area contributed by atoms with E-state index in [0.717, 1.165) is 24.0 Å². The molecule has 108 valence electrons. The summed E-state index contributed by atoms with van der Waals surface area (Å²) in [5.74, 6) is -0.386. The molecule has 0 spiro atoms. The van der Waals surface area contributed by atoms with Crippen LogP contribution < -0.4 is 11.1 Å². The van der Waals surface area contributed by atoms with Gasteiger partial charge in [0.2, 0.25) is 0 Å². The third-order valence-corrected chi connectivity index (χ3v) is 3.92. The van der Waals surface area contributed by atoms with Gasteiger partial charge in [-0.05, 0) is 48.2 Å². The molecule has 0 heterocycles. The largest absolute Gasteiger partial charge is 0.343 e. The molecular formula is C17H17FN2O. The average Bonchev–Trinajstić information content (AvgIpc) is 3.28. The Bertz CT molecular complexity index is 663. The van der Waals surface area contributed by atoms with Crippen LogP contribution in [0.2, 0.25) is 0 Å². The Hall–Kier alpha value is -2.20. The first kappa shape index (κ1) is 13.8. The summed E-state index contributed by atoms with van der Waals surface area (Å²) in [5.41, 5.74) is 7.73. The van der Waals surface area contributed by atoms with E-state index in [1.54, 1.807) is 24.3 Å². The van der Waals surface area contributed by atoms with E-state index < -0.39 is 0 Å². The molecule has 2 aromatic carbocycles. The van der Waals surface area contributed by atoms with Crippen LogP contribution in [-0.4, -0.2) is 5.91 Å². The van der Waals surface area contributed by atoms with Crippen LogP contribution in [0.5, 0.6) is 0 Å². The molecule has 0 radical (unpaired) electrons. The number of rotatable bonds is 4. The lowest BCUT2D eigenvalue weighted by Gasteiger charge is -2.18. The van der Waals surface area contributed by atoms with Gasteiger partial charge in [-0.15, -0.1) is 0 Å². The van der Waals surface area contributed by atoms with Crippen LogP contribution in [0.1, 0.15) is 34.3 Å². The molecule has 0 unspecified atom stereocenters. The van der Waals surface area contributed by atoms with Gasteiger partial charge in [-0.25, -0.2) is 4.39 Å². The fourth-order valence-corrected chi connectivity index (χ4v) is 2.51. The Balaban J connectivity index is 1.79. The predicted molar refractivity (Wildman–Crippen MR) is 79.1 cm³/mol.